The van der Waals surface area contributed by atoms with Gasteiger partial charge >= 0.3 is 5.97 Å². The minimum atomic E-state index is -0.626. The van der Waals surface area contributed by atoms with Crippen molar-refractivity contribution in [3.8, 4) is 6.07 Å². The van der Waals surface area contributed by atoms with Crippen molar-refractivity contribution in [3.05, 3.63) is 114 Å². The number of carbonyl (C=O) groups excluding carboxylic acids is 2. The number of carbonyl (C=O) groups is 2. The Morgan fingerprint density at radius 3 is 2.11 bits per heavy atom. The van der Waals surface area contributed by atoms with Gasteiger partial charge < -0.3 is 10.1 Å². The number of nitrogens with zero attached hydrogens (tertiary/aromatic N) is 3. The third-order valence-corrected chi connectivity index (χ3v) is 6.01. The molecule has 1 N–H and O–H groups in total. The van der Waals surface area contributed by atoms with Gasteiger partial charge in [0, 0.05) is 15.5 Å². The molecule has 7 nitrogen and oxygen atoms in total. The normalized spacial score (nSPS) is 10.5. The van der Waals surface area contributed by atoms with Gasteiger partial charge in [-0.2, -0.15) is 15.5 Å². The lowest BCUT2D eigenvalue weighted by molar-refractivity contribution is -0.119. The van der Waals surface area contributed by atoms with Crippen molar-refractivity contribution >= 4 is 40.7 Å². The molecule has 36 heavy (non-hydrogen) atoms. The van der Waals surface area contributed by atoms with E-state index in [9.17, 15) is 14.9 Å². The molecule has 0 aromatic heterocycles. The van der Waals surface area contributed by atoms with Crippen LogP contribution in [0.4, 0.5) is 17.1 Å². The molecule has 0 atom stereocenters. The number of azo groups is 1. The van der Waals surface area contributed by atoms with Gasteiger partial charge in [0.1, 0.15) is 6.07 Å². The van der Waals surface area contributed by atoms with Crippen LogP contribution in [0, 0.1) is 11.3 Å². The van der Waals surface area contributed by atoms with Crippen molar-refractivity contribution in [2.75, 3.05) is 11.9 Å². The van der Waals surface area contributed by atoms with Crippen LogP contribution in [0.2, 0.25) is 0 Å². The topological polar surface area (TPSA) is 104 Å². The number of nitrogens with one attached hydrogen (secondary N) is 1. The molecular formula is C28H20N4O3S. The molecule has 0 aliphatic carbocycles. The lowest BCUT2D eigenvalue weighted by atomic mass is 10.2. The maximum Gasteiger partial charge on any atom is 0.339 e. The Morgan fingerprint density at radius 1 is 0.778 bits per heavy atom. The Kier molecular flexibility index (Phi) is 8.20. The zero-order valence-electron chi connectivity index (χ0n) is 19.0. The van der Waals surface area contributed by atoms with Crippen LogP contribution < -0.4 is 5.32 Å². The molecule has 0 unspecified atom stereocenters. The molecule has 4 aromatic carbocycles. The summed E-state index contributed by atoms with van der Waals surface area (Å²) in [6, 6.07) is 32.4. The molecule has 176 valence electrons. The number of benzene rings is 4. The van der Waals surface area contributed by atoms with Crippen LogP contribution in [0.25, 0.3) is 0 Å². The summed E-state index contributed by atoms with van der Waals surface area (Å²) in [5.74, 6) is -1.10. The molecule has 0 saturated carbocycles. The fourth-order valence-electron chi connectivity index (χ4n) is 3.12. The van der Waals surface area contributed by atoms with Crippen molar-refractivity contribution in [1.29, 1.82) is 5.26 Å². The van der Waals surface area contributed by atoms with Gasteiger partial charge in [0.05, 0.1) is 22.5 Å². The van der Waals surface area contributed by atoms with Crippen molar-refractivity contribution in [1.82, 2.24) is 0 Å². The van der Waals surface area contributed by atoms with E-state index in [4.69, 9.17) is 4.74 Å². The average molecular weight is 493 g/mol. The van der Waals surface area contributed by atoms with Crippen molar-refractivity contribution < 1.29 is 14.3 Å². The number of ether oxygens (including phenoxy) is 1. The standard InChI is InChI=1S/C28H20N4O3S/c29-18-20-8-4-6-12-25(20)36-26-13-7-5-11-24(26)28(34)35-19-27(33)30-21-14-16-23(17-15-21)32-31-22-9-2-1-3-10-22/h1-17H,19H2,(H,30,33). The summed E-state index contributed by atoms with van der Waals surface area (Å²) in [5, 5.41) is 20.3. The zero-order valence-corrected chi connectivity index (χ0v) is 19.8. The fourth-order valence-corrected chi connectivity index (χ4v) is 4.13. The van der Waals surface area contributed by atoms with E-state index in [0.29, 0.717) is 27.4 Å². The number of hydrogen-bond acceptors (Lipinski definition) is 7. The molecule has 1 amide bonds. The lowest BCUT2D eigenvalue weighted by Crippen LogP contribution is -2.21. The number of amides is 1. The van der Waals surface area contributed by atoms with Gasteiger partial charge in [-0.15, -0.1) is 0 Å². The Bertz CT molecular complexity index is 1430. The quantitative estimate of drug-likeness (QED) is 0.212. The van der Waals surface area contributed by atoms with Gasteiger partial charge in [0.2, 0.25) is 0 Å². The van der Waals surface area contributed by atoms with E-state index < -0.39 is 18.5 Å². The van der Waals surface area contributed by atoms with E-state index >= 15 is 0 Å². The summed E-state index contributed by atoms with van der Waals surface area (Å²) in [7, 11) is 0. The summed E-state index contributed by atoms with van der Waals surface area (Å²) < 4.78 is 5.25. The average Bonchev–Trinajstić information content (AvgIpc) is 2.92. The first-order chi connectivity index (χ1) is 17.6. The second kappa shape index (κ2) is 12.1. The number of rotatable bonds is 8. The van der Waals surface area contributed by atoms with Crippen LogP contribution in [0.1, 0.15) is 15.9 Å². The zero-order chi connectivity index (χ0) is 25.2. The highest BCUT2D eigenvalue weighted by Gasteiger charge is 2.16. The summed E-state index contributed by atoms with van der Waals surface area (Å²) in [6.07, 6.45) is 0. The van der Waals surface area contributed by atoms with Crippen LogP contribution in [-0.4, -0.2) is 18.5 Å². The maximum atomic E-state index is 12.7. The van der Waals surface area contributed by atoms with E-state index in [1.807, 2.05) is 42.5 Å². The number of nitriles is 1. The highest BCUT2D eigenvalue weighted by Crippen LogP contribution is 2.33. The fraction of sp³-hybridized carbons (Fsp3) is 0.0357. The molecule has 0 saturated heterocycles. The highest BCUT2D eigenvalue weighted by molar-refractivity contribution is 7.99. The Morgan fingerprint density at radius 2 is 1.39 bits per heavy atom. The molecule has 0 spiro atoms. The first kappa shape index (κ1) is 24.4. The van der Waals surface area contributed by atoms with Gasteiger partial charge in [-0.3, -0.25) is 4.79 Å². The van der Waals surface area contributed by atoms with Gasteiger partial charge in [-0.05, 0) is 60.7 Å². The van der Waals surface area contributed by atoms with Gasteiger partial charge in [-0.25, -0.2) is 4.79 Å². The number of anilines is 1. The van der Waals surface area contributed by atoms with Crippen molar-refractivity contribution in [2.24, 2.45) is 10.2 Å². The van der Waals surface area contributed by atoms with Crippen molar-refractivity contribution in [2.45, 2.75) is 9.79 Å². The minimum absolute atomic E-state index is 0.316. The lowest BCUT2D eigenvalue weighted by Gasteiger charge is -2.10. The summed E-state index contributed by atoms with van der Waals surface area (Å²) in [4.78, 5) is 26.4. The second-order valence-electron chi connectivity index (χ2n) is 7.41. The van der Waals surface area contributed by atoms with Gasteiger partial charge in [-0.1, -0.05) is 54.2 Å². The molecule has 0 heterocycles. The summed E-state index contributed by atoms with van der Waals surface area (Å²) in [6.45, 7) is -0.442. The van der Waals surface area contributed by atoms with Crippen LogP contribution in [0.3, 0.4) is 0 Å². The molecule has 4 aromatic rings. The number of esters is 1. The smallest absolute Gasteiger partial charge is 0.339 e. The highest BCUT2D eigenvalue weighted by atomic mass is 32.2. The molecule has 0 fully saturated rings. The SMILES string of the molecule is N#Cc1ccccc1Sc1ccccc1C(=O)OCC(=O)Nc1ccc(N=Nc2ccccc2)cc1. The maximum absolute atomic E-state index is 12.7. The van der Waals surface area contributed by atoms with Crippen LogP contribution in [0.15, 0.2) is 123 Å². The predicted molar refractivity (Wildman–Crippen MR) is 138 cm³/mol. The van der Waals surface area contributed by atoms with Crippen LogP contribution in [-0.2, 0) is 9.53 Å². The Balaban J connectivity index is 1.33. The van der Waals surface area contributed by atoms with E-state index in [1.54, 1.807) is 60.7 Å². The molecule has 4 rings (SSSR count). The van der Waals surface area contributed by atoms with E-state index in [-0.39, 0.29) is 0 Å². The first-order valence-corrected chi connectivity index (χ1v) is 11.7. The molecule has 0 radical (unpaired) electrons. The van der Waals surface area contributed by atoms with Crippen LogP contribution >= 0.6 is 11.8 Å². The first-order valence-electron chi connectivity index (χ1n) is 10.9. The molecule has 0 aliphatic heterocycles. The Labute approximate surface area is 212 Å². The minimum Gasteiger partial charge on any atom is -0.452 e. The third kappa shape index (κ3) is 6.65. The van der Waals surface area contributed by atoms with E-state index in [2.05, 4.69) is 21.6 Å². The van der Waals surface area contributed by atoms with Gasteiger partial charge in [0.25, 0.3) is 5.91 Å². The molecule has 0 aliphatic rings. The molecular weight excluding hydrogens is 472 g/mol. The molecule has 8 heteroatoms. The second-order valence-corrected chi connectivity index (χ2v) is 8.50. The monoisotopic (exact) mass is 492 g/mol. The number of hydrogen-bond donors (Lipinski definition) is 1. The molecule has 0 bridgehead atoms. The largest absolute Gasteiger partial charge is 0.452 e. The summed E-state index contributed by atoms with van der Waals surface area (Å²) in [5.41, 5.74) is 2.74. The third-order valence-electron chi connectivity index (χ3n) is 4.86. The Hall–Kier alpha value is -4.74. The van der Waals surface area contributed by atoms with E-state index in [1.165, 1.54) is 11.8 Å². The van der Waals surface area contributed by atoms with Crippen molar-refractivity contribution in [3.63, 3.8) is 0 Å². The van der Waals surface area contributed by atoms with E-state index in [0.717, 1.165) is 10.6 Å². The summed E-state index contributed by atoms with van der Waals surface area (Å²) >= 11 is 1.29. The van der Waals surface area contributed by atoms with Gasteiger partial charge in [0.15, 0.2) is 6.61 Å². The predicted octanol–water partition coefficient (Wildman–Crippen LogP) is 6.92. The van der Waals surface area contributed by atoms with Crippen LogP contribution in [0.5, 0.6) is 0 Å².